The van der Waals surface area contributed by atoms with E-state index >= 15 is 0 Å². The van der Waals surface area contributed by atoms with Gasteiger partial charge in [0.15, 0.2) is 10.8 Å². The molecule has 0 aliphatic heterocycles. The SMILES string of the molecule is Cc1cc(C)nc(SCC(=O)N=Nc2c(O)n(C(C)C)c3ccccc23)n1. The minimum absolute atomic E-state index is 0.00745. The zero-order valence-corrected chi connectivity index (χ0v) is 16.5. The molecule has 0 saturated carbocycles. The summed E-state index contributed by atoms with van der Waals surface area (Å²) in [4.78, 5) is 20.7. The fraction of sp³-hybridized carbons (Fsp3) is 0.316. The standard InChI is InChI=1S/C19H21N5O2S/c1-11(2)24-15-8-6-5-7-14(15)17(18(24)26)23-22-16(25)10-27-19-20-12(3)9-13(4)21-19/h5-9,11,26H,10H2,1-4H3. The van der Waals surface area contributed by atoms with Gasteiger partial charge >= 0.3 is 0 Å². The van der Waals surface area contributed by atoms with Crippen LogP contribution in [0.2, 0.25) is 0 Å². The molecule has 0 aliphatic carbocycles. The highest BCUT2D eigenvalue weighted by Crippen LogP contribution is 2.40. The molecule has 0 bridgehead atoms. The number of rotatable bonds is 5. The van der Waals surface area contributed by atoms with E-state index in [1.807, 2.05) is 58.0 Å². The van der Waals surface area contributed by atoms with Gasteiger partial charge in [-0.3, -0.25) is 4.79 Å². The normalized spacial score (nSPS) is 11.7. The second-order valence-electron chi connectivity index (χ2n) is 6.47. The molecule has 140 valence electrons. The predicted octanol–water partition coefficient (Wildman–Crippen LogP) is 4.74. The highest BCUT2D eigenvalue weighted by atomic mass is 32.2. The zero-order chi connectivity index (χ0) is 19.6. The molecule has 3 aromatic rings. The van der Waals surface area contributed by atoms with Gasteiger partial charge in [-0.2, -0.15) is 0 Å². The first-order valence-corrected chi connectivity index (χ1v) is 9.57. The Kier molecular flexibility index (Phi) is 5.55. The van der Waals surface area contributed by atoms with Crippen LogP contribution in [-0.2, 0) is 4.79 Å². The first kappa shape index (κ1) is 19.0. The van der Waals surface area contributed by atoms with Crippen LogP contribution in [0.4, 0.5) is 5.69 Å². The van der Waals surface area contributed by atoms with Crippen molar-refractivity contribution in [3.8, 4) is 5.88 Å². The maximum absolute atomic E-state index is 12.1. The molecule has 2 heterocycles. The second-order valence-corrected chi connectivity index (χ2v) is 7.41. The Labute approximate surface area is 161 Å². The lowest BCUT2D eigenvalue weighted by atomic mass is 10.2. The summed E-state index contributed by atoms with van der Waals surface area (Å²) in [6.07, 6.45) is 0. The Balaban J connectivity index is 1.79. The highest BCUT2D eigenvalue weighted by molar-refractivity contribution is 7.99. The van der Waals surface area contributed by atoms with Gasteiger partial charge in [0.2, 0.25) is 5.88 Å². The van der Waals surface area contributed by atoms with Crippen LogP contribution in [0.1, 0.15) is 31.3 Å². The number of fused-ring (bicyclic) bond motifs is 1. The summed E-state index contributed by atoms with van der Waals surface area (Å²) in [5.41, 5.74) is 2.86. The topological polar surface area (TPSA) is 92.7 Å². The number of carbonyl (C=O) groups excluding carboxylic acids is 1. The Morgan fingerprint density at radius 1 is 1.22 bits per heavy atom. The molecule has 7 nitrogen and oxygen atoms in total. The molecule has 0 spiro atoms. The number of aryl methyl sites for hydroxylation is 2. The van der Waals surface area contributed by atoms with Crippen molar-refractivity contribution < 1.29 is 9.90 Å². The fourth-order valence-corrected chi connectivity index (χ4v) is 3.60. The number of hydrogen-bond donors (Lipinski definition) is 1. The average Bonchev–Trinajstić information content (AvgIpc) is 2.89. The molecule has 2 aromatic heterocycles. The third-order valence-corrected chi connectivity index (χ3v) is 4.76. The number of hydrogen-bond acceptors (Lipinski definition) is 6. The van der Waals surface area contributed by atoms with Gasteiger partial charge in [-0.05, 0) is 39.8 Å². The number of benzene rings is 1. The molecule has 0 fully saturated rings. The number of para-hydroxylation sites is 1. The van der Waals surface area contributed by atoms with Crippen molar-refractivity contribution in [3.63, 3.8) is 0 Å². The molecule has 0 saturated heterocycles. The number of thioether (sulfide) groups is 1. The van der Waals surface area contributed by atoms with Gasteiger partial charge < -0.3 is 9.67 Å². The summed E-state index contributed by atoms with van der Waals surface area (Å²) < 4.78 is 1.77. The molecule has 1 aromatic carbocycles. The Bertz CT molecular complexity index is 1010. The summed E-state index contributed by atoms with van der Waals surface area (Å²) in [6.45, 7) is 7.71. The molecule has 0 atom stereocenters. The number of amides is 1. The summed E-state index contributed by atoms with van der Waals surface area (Å²) in [5, 5.41) is 19.6. The van der Waals surface area contributed by atoms with Crippen LogP contribution in [0.15, 0.2) is 45.7 Å². The fourth-order valence-electron chi connectivity index (χ4n) is 2.87. The van der Waals surface area contributed by atoms with Crippen LogP contribution in [0.25, 0.3) is 10.9 Å². The van der Waals surface area contributed by atoms with Crippen molar-refractivity contribution in [2.24, 2.45) is 10.2 Å². The van der Waals surface area contributed by atoms with Crippen LogP contribution in [0.5, 0.6) is 5.88 Å². The first-order chi connectivity index (χ1) is 12.9. The van der Waals surface area contributed by atoms with Crippen molar-refractivity contribution in [2.45, 2.75) is 38.9 Å². The van der Waals surface area contributed by atoms with E-state index in [1.54, 1.807) is 4.57 Å². The maximum atomic E-state index is 12.1. The maximum Gasteiger partial charge on any atom is 0.275 e. The first-order valence-electron chi connectivity index (χ1n) is 8.58. The molecule has 3 rings (SSSR count). The Morgan fingerprint density at radius 2 is 1.89 bits per heavy atom. The minimum atomic E-state index is -0.413. The van der Waals surface area contributed by atoms with E-state index in [9.17, 15) is 9.90 Å². The molecular weight excluding hydrogens is 362 g/mol. The molecular formula is C19H21N5O2S. The summed E-state index contributed by atoms with van der Waals surface area (Å²) in [6, 6.07) is 9.44. The molecule has 0 radical (unpaired) electrons. The molecule has 0 aliphatic rings. The molecule has 1 amide bonds. The number of aromatic nitrogens is 3. The number of aromatic hydroxyl groups is 1. The van der Waals surface area contributed by atoms with E-state index in [2.05, 4.69) is 20.2 Å². The van der Waals surface area contributed by atoms with E-state index in [0.717, 1.165) is 22.3 Å². The third kappa shape index (κ3) is 4.16. The monoisotopic (exact) mass is 383 g/mol. The van der Waals surface area contributed by atoms with Crippen LogP contribution >= 0.6 is 11.8 Å². The van der Waals surface area contributed by atoms with Gasteiger partial charge in [0.25, 0.3) is 5.91 Å². The van der Waals surface area contributed by atoms with Crippen LogP contribution in [0, 0.1) is 13.8 Å². The van der Waals surface area contributed by atoms with Gasteiger partial charge in [0.05, 0.1) is 11.3 Å². The minimum Gasteiger partial charge on any atom is -0.493 e. The second kappa shape index (κ2) is 7.87. The molecule has 0 unspecified atom stereocenters. The largest absolute Gasteiger partial charge is 0.493 e. The van der Waals surface area contributed by atoms with Crippen LogP contribution in [0.3, 0.4) is 0 Å². The van der Waals surface area contributed by atoms with E-state index < -0.39 is 5.91 Å². The quantitative estimate of drug-likeness (QED) is 0.390. The van der Waals surface area contributed by atoms with Gasteiger partial charge in [-0.15, -0.1) is 10.2 Å². The number of nitrogens with zero attached hydrogens (tertiary/aromatic N) is 5. The summed E-state index contributed by atoms with van der Waals surface area (Å²) >= 11 is 1.22. The van der Waals surface area contributed by atoms with E-state index in [0.29, 0.717) is 10.8 Å². The van der Waals surface area contributed by atoms with Crippen LogP contribution in [-0.4, -0.2) is 31.3 Å². The van der Waals surface area contributed by atoms with Crippen LogP contribution < -0.4 is 0 Å². The zero-order valence-electron chi connectivity index (χ0n) is 15.7. The van der Waals surface area contributed by atoms with Crippen molar-refractivity contribution in [2.75, 3.05) is 5.75 Å². The van der Waals surface area contributed by atoms with E-state index in [4.69, 9.17) is 0 Å². The average molecular weight is 383 g/mol. The van der Waals surface area contributed by atoms with Crippen molar-refractivity contribution >= 4 is 34.3 Å². The lowest BCUT2D eigenvalue weighted by Crippen LogP contribution is -1.99. The predicted molar refractivity (Wildman–Crippen MR) is 106 cm³/mol. The Hall–Kier alpha value is -2.74. The Morgan fingerprint density at radius 3 is 2.56 bits per heavy atom. The highest BCUT2D eigenvalue weighted by Gasteiger charge is 2.18. The van der Waals surface area contributed by atoms with Gasteiger partial charge in [-0.1, -0.05) is 30.0 Å². The van der Waals surface area contributed by atoms with E-state index in [1.165, 1.54) is 11.8 Å². The van der Waals surface area contributed by atoms with Crippen molar-refractivity contribution in [1.82, 2.24) is 14.5 Å². The number of azo groups is 1. The van der Waals surface area contributed by atoms with Crippen molar-refractivity contribution in [1.29, 1.82) is 0 Å². The molecule has 8 heteroatoms. The lowest BCUT2D eigenvalue weighted by molar-refractivity contribution is -0.115. The summed E-state index contributed by atoms with van der Waals surface area (Å²) in [7, 11) is 0. The molecule has 27 heavy (non-hydrogen) atoms. The third-order valence-electron chi connectivity index (χ3n) is 3.92. The van der Waals surface area contributed by atoms with E-state index in [-0.39, 0.29) is 17.7 Å². The van der Waals surface area contributed by atoms with Gasteiger partial charge in [-0.25, -0.2) is 9.97 Å². The van der Waals surface area contributed by atoms with Gasteiger partial charge in [0, 0.05) is 22.8 Å². The summed E-state index contributed by atoms with van der Waals surface area (Å²) in [5.74, 6) is -0.327. The van der Waals surface area contributed by atoms with Gasteiger partial charge in [0.1, 0.15) is 0 Å². The van der Waals surface area contributed by atoms with Crippen molar-refractivity contribution in [3.05, 3.63) is 41.7 Å². The number of carbonyl (C=O) groups is 1. The smallest absolute Gasteiger partial charge is 0.275 e. The lowest BCUT2D eigenvalue weighted by Gasteiger charge is -2.10. The molecule has 1 N–H and O–H groups in total.